The van der Waals surface area contributed by atoms with Crippen LogP contribution in [0.5, 0.6) is 11.5 Å². The highest BCUT2D eigenvalue weighted by molar-refractivity contribution is 6.30. The van der Waals surface area contributed by atoms with Gasteiger partial charge in [0.1, 0.15) is 11.5 Å². The molecule has 1 atom stereocenters. The molecule has 2 aromatic rings. The van der Waals surface area contributed by atoms with Crippen LogP contribution in [0.15, 0.2) is 42.5 Å². The summed E-state index contributed by atoms with van der Waals surface area (Å²) < 4.78 is 11.4. The first-order chi connectivity index (χ1) is 10.3. The molecule has 2 aromatic carbocycles. The average molecular weight is 304 g/mol. The van der Waals surface area contributed by atoms with Gasteiger partial charge in [-0.2, -0.15) is 0 Å². The summed E-state index contributed by atoms with van der Waals surface area (Å²) in [6.07, 6.45) is 0.912. The Morgan fingerprint density at radius 1 is 1.29 bits per heavy atom. The Morgan fingerprint density at radius 3 is 3.00 bits per heavy atom. The summed E-state index contributed by atoms with van der Waals surface area (Å²) in [4.78, 5) is 0. The molecule has 110 valence electrons. The van der Waals surface area contributed by atoms with Gasteiger partial charge < -0.3 is 14.8 Å². The molecule has 1 aliphatic rings. The van der Waals surface area contributed by atoms with Gasteiger partial charge in [0.15, 0.2) is 0 Å². The Kier molecular flexibility index (Phi) is 4.20. The van der Waals surface area contributed by atoms with E-state index in [0.717, 1.165) is 23.6 Å². The maximum Gasteiger partial charge on any atom is 0.142 e. The van der Waals surface area contributed by atoms with Crippen molar-refractivity contribution in [2.24, 2.45) is 0 Å². The molecule has 4 heteroatoms. The van der Waals surface area contributed by atoms with Crippen molar-refractivity contribution in [2.45, 2.75) is 19.4 Å². The summed E-state index contributed by atoms with van der Waals surface area (Å²) in [6.45, 7) is 3.31. The van der Waals surface area contributed by atoms with Crippen molar-refractivity contribution in [3.63, 3.8) is 0 Å². The summed E-state index contributed by atoms with van der Waals surface area (Å²) in [5, 5.41) is 4.24. The summed E-state index contributed by atoms with van der Waals surface area (Å²) in [5.41, 5.74) is 2.09. The molecule has 21 heavy (non-hydrogen) atoms. The fourth-order valence-electron chi connectivity index (χ4n) is 2.58. The van der Waals surface area contributed by atoms with Crippen LogP contribution >= 0.6 is 11.6 Å². The fourth-order valence-corrected chi connectivity index (χ4v) is 2.75. The molecule has 0 saturated carbocycles. The van der Waals surface area contributed by atoms with Crippen molar-refractivity contribution in [1.82, 2.24) is 0 Å². The van der Waals surface area contributed by atoms with Crippen LogP contribution in [-0.4, -0.2) is 13.2 Å². The van der Waals surface area contributed by atoms with E-state index in [0.29, 0.717) is 18.2 Å². The van der Waals surface area contributed by atoms with Crippen LogP contribution in [0.1, 0.15) is 24.9 Å². The minimum atomic E-state index is 0.202. The summed E-state index contributed by atoms with van der Waals surface area (Å²) in [7, 11) is 0. The lowest BCUT2D eigenvalue weighted by molar-refractivity contribution is 0.274. The first-order valence-electron chi connectivity index (χ1n) is 7.18. The van der Waals surface area contributed by atoms with E-state index in [4.69, 9.17) is 21.1 Å². The Bertz CT molecular complexity index is 630. The molecule has 1 heterocycles. The van der Waals surface area contributed by atoms with Gasteiger partial charge in [-0.25, -0.2) is 0 Å². The van der Waals surface area contributed by atoms with Crippen molar-refractivity contribution in [1.29, 1.82) is 0 Å². The third-order valence-corrected chi connectivity index (χ3v) is 3.76. The highest BCUT2D eigenvalue weighted by atomic mass is 35.5. The molecule has 0 fully saturated rings. The number of halogens is 1. The van der Waals surface area contributed by atoms with Crippen LogP contribution in [0.3, 0.4) is 0 Å². The molecule has 3 nitrogen and oxygen atoms in total. The number of fused-ring (bicyclic) bond motifs is 1. The average Bonchev–Trinajstić information content (AvgIpc) is 2.50. The summed E-state index contributed by atoms with van der Waals surface area (Å²) in [6, 6.07) is 14.0. The molecule has 0 amide bonds. The molecule has 0 aromatic heterocycles. The van der Waals surface area contributed by atoms with E-state index in [1.807, 2.05) is 43.3 Å². The zero-order valence-electron chi connectivity index (χ0n) is 11.9. The molecule has 0 aliphatic carbocycles. The molecular formula is C17H18ClNO2. The standard InChI is InChI=1S/C17H18ClNO2/c1-2-20-17-8-7-12(18)11-15(17)19-14-9-10-21-16-6-4-3-5-13(14)16/h3-8,11,14,19H,2,9-10H2,1H3. The van der Waals surface area contributed by atoms with E-state index in [1.165, 1.54) is 5.56 Å². The smallest absolute Gasteiger partial charge is 0.142 e. The van der Waals surface area contributed by atoms with Crippen LogP contribution in [0, 0.1) is 0 Å². The molecular weight excluding hydrogens is 286 g/mol. The third-order valence-electron chi connectivity index (χ3n) is 3.53. The second-order valence-electron chi connectivity index (χ2n) is 4.95. The maximum atomic E-state index is 6.11. The second kappa shape index (κ2) is 6.27. The van der Waals surface area contributed by atoms with E-state index in [1.54, 1.807) is 0 Å². The van der Waals surface area contributed by atoms with Gasteiger partial charge in [-0.1, -0.05) is 29.8 Å². The van der Waals surface area contributed by atoms with Crippen LogP contribution < -0.4 is 14.8 Å². The normalized spacial score (nSPS) is 16.8. The van der Waals surface area contributed by atoms with Gasteiger partial charge in [0.2, 0.25) is 0 Å². The van der Waals surface area contributed by atoms with Crippen molar-refractivity contribution in [3.05, 3.63) is 53.1 Å². The Balaban J connectivity index is 1.89. The zero-order valence-corrected chi connectivity index (χ0v) is 12.7. The fraction of sp³-hybridized carbons (Fsp3) is 0.294. The second-order valence-corrected chi connectivity index (χ2v) is 5.38. The predicted octanol–water partition coefficient (Wildman–Crippen LogP) is 4.67. The summed E-state index contributed by atoms with van der Waals surface area (Å²) >= 11 is 6.11. The minimum absolute atomic E-state index is 0.202. The monoisotopic (exact) mass is 303 g/mol. The minimum Gasteiger partial charge on any atom is -0.493 e. The maximum absolute atomic E-state index is 6.11. The Hall–Kier alpha value is -1.87. The number of hydrogen-bond acceptors (Lipinski definition) is 3. The lowest BCUT2D eigenvalue weighted by Crippen LogP contribution is -2.20. The Labute approximate surface area is 129 Å². The van der Waals surface area contributed by atoms with Gasteiger partial charge in [0.25, 0.3) is 0 Å². The first kappa shape index (κ1) is 14.1. The number of para-hydroxylation sites is 1. The molecule has 0 radical (unpaired) electrons. The topological polar surface area (TPSA) is 30.5 Å². The predicted molar refractivity (Wildman–Crippen MR) is 85.5 cm³/mol. The van der Waals surface area contributed by atoms with Crippen LogP contribution in [-0.2, 0) is 0 Å². The van der Waals surface area contributed by atoms with E-state index < -0.39 is 0 Å². The summed E-state index contributed by atoms with van der Waals surface area (Å²) in [5.74, 6) is 1.77. The molecule has 1 aliphatic heterocycles. The highest BCUT2D eigenvalue weighted by Crippen LogP contribution is 2.37. The van der Waals surface area contributed by atoms with Crippen molar-refractivity contribution in [2.75, 3.05) is 18.5 Å². The van der Waals surface area contributed by atoms with Gasteiger partial charge in [-0.15, -0.1) is 0 Å². The molecule has 1 N–H and O–H groups in total. The van der Waals surface area contributed by atoms with E-state index in [9.17, 15) is 0 Å². The van der Waals surface area contributed by atoms with Gasteiger partial charge in [0.05, 0.1) is 24.9 Å². The molecule has 0 bridgehead atoms. The first-order valence-corrected chi connectivity index (χ1v) is 7.56. The van der Waals surface area contributed by atoms with Gasteiger partial charge in [-0.3, -0.25) is 0 Å². The van der Waals surface area contributed by atoms with Crippen molar-refractivity contribution in [3.8, 4) is 11.5 Å². The highest BCUT2D eigenvalue weighted by Gasteiger charge is 2.21. The number of benzene rings is 2. The molecule has 3 rings (SSSR count). The SMILES string of the molecule is CCOc1ccc(Cl)cc1NC1CCOc2ccccc21. The van der Waals surface area contributed by atoms with E-state index >= 15 is 0 Å². The molecule has 1 unspecified atom stereocenters. The number of ether oxygens (including phenoxy) is 2. The number of nitrogens with one attached hydrogen (secondary N) is 1. The largest absolute Gasteiger partial charge is 0.493 e. The van der Waals surface area contributed by atoms with Crippen LogP contribution in [0.2, 0.25) is 5.02 Å². The molecule has 0 spiro atoms. The van der Waals surface area contributed by atoms with Crippen LogP contribution in [0.25, 0.3) is 0 Å². The lowest BCUT2D eigenvalue weighted by Gasteiger charge is -2.28. The zero-order chi connectivity index (χ0) is 14.7. The van der Waals surface area contributed by atoms with Gasteiger partial charge in [-0.05, 0) is 31.2 Å². The number of anilines is 1. The van der Waals surface area contributed by atoms with E-state index in [2.05, 4.69) is 11.4 Å². The van der Waals surface area contributed by atoms with Crippen molar-refractivity contribution >= 4 is 17.3 Å². The Morgan fingerprint density at radius 2 is 2.14 bits per heavy atom. The lowest BCUT2D eigenvalue weighted by atomic mass is 10.0. The quantitative estimate of drug-likeness (QED) is 0.890. The van der Waals surface area contributed by atoms with Gasteiger partial charge in [0, 0.05) is 17.0 Å². The van der Waals surface area contributed by atoms with Crippen molar-refractivity contribution < 1.29 is 9.47 Å². The van der Waals surface area contributed by atoms with Crippen LogP contribution in [0.4, 0.5) is 5.69 Å². The third kappa shape index (κ3) is 3.08. The number of rotatable bonds is 4. The molecule has 0 saturated heterocycles. The number of hydrogen-bond donors (Lipinski definition) is 1. The van der Waals surface area contributed by atoms with E-state index in [-0.39, 0.29) is 6.04 Å². The van der Waals surface area contributed by atoms with Gasteiger partial charge >= 0.3 is 0 Å².